The molecule has 2 aromatic carbocycles. The van der Waals surface area contributed by atoms with Gasteiger partial charge in [-0.3, -0.25) is 0 Å². The van der Waals surface area contributed by atoms with Crippen molar-refractivity contribution in [2.75, 3.05) is 0 Å². The molecule has 6 heteroatoms. The van der Waals surface area contributed by atoms with Crippen LogP contribution in [0.5, 0.6) is 5.75 Å². The van der Waals surface area contributed by atoms with Crippen molar-refractivity contribution in [3.8, 4) is 5.75 Å². The summed E-state index contributed by atoms with van der Waals surface area (Å²) in [4.78, 5) is 0. The first-order valence-corrected chi connectivity index (χ1v) is 12.1. The molecule has 0 unspecified atom stereocenters. The zero-order valence-electron chi connectivity index (χ0n) is 18.9. The Balaban J connectivity index is 1.34. The molecule has 0 heterocycles. The fraction of sp³-hybridized carbons (Fsp3) is 0.556. The quantitative estimate of drug-likeness (QED) is 0.305. The summed E-state index contributed by atoms with van der Waals surface area (Å²) >= 11 is 0. The van der Waals surface area contributed by atoms with Gasteiger partial charge in [-0.1, -0.05) is 38.3 Å². The molecule has 0 aliphatic heterocycles. The van der Waals surface area contributed by atoms with Crippen LogP contribution >= 0.6 is 0 Å². The molecule has 180 valence electrons. The Hall–Kier alpha value is -2.11. The fourth-order valence-electron chi connectivity index (χ4n) is 5.74. The van der Waals surface area contributed by atoms with E-state index in [4.69, 9.17) is 0 Å². The standard InChI is InChI=1S/C27H31F5O/c1-2-17-3-5-18(6-4-17)19-7-9-20(10-8-19)21-11-13-22(14-12-21)27(31,32)33-23-15-24(28)26(30)25(29)16-23/h11-20H,2-10H2,1H3/t17-,18-,19?,20?. The Morgan fingerprint density at radius 3 is 1.82 bits per heavy atom. The van der Waals surface area contributed by atoms with Crippen LogP contribution in [0.25, 0.3) is 0 Å². The van der Waals surface area contributed by atoms with E-state index in [0.717, 1.165) is 36.2 Å². The highest BCUT2D eigenvalue weighted by molar-refractivity contribution is 5.30. The van der Waals surface area contributed by atoms with Gasteiger partial charge >= 0.3 is 6.11 Å². The molecule has 2 aromatic rings. The van der Waals surface area contributed by atoms with Crippen molar-refractivity contribution in [2.45, 2.75) is 76.7 Å². The fourth-order valence-corrected chi connectivity index (χ4v) is 5.74. The number of alkyl halides is 2. The van der Waals surface area contributed by atoms with Crippen LogP contribution in [0.15, 0.2) is 36.4 Å². The molecule has 33 heavy (non-hydrogen) atoms. The van der Waals surface area contributed by atoms with Crippen LogP contribution in [0.3, 0.4) is 0 Å². The molecule has 0 atom stereocenters. The molecule has 4 rings (SSSR count). The molecule has 0 bridgehead atoms. The van der Waals surface area contributed by atoms with E-state index >= 15 is 0 Å². The summed E-state index contributed by atoms with van der Waals surface area (Å²) in [5.41, 5.74) is 0.610. The minimum absolute atomic E-state index is 0.358. The van der Waals surface area contributed by atoms with Gasteiger partial charge in [-0.2, -0.15) is 8.78 Å². The molecular formula is C27H31F5O. The maximum absolute atomic E-state index is 14.5. The van der Waals surface area contributed by atoms with Gasteiger partial charge in [0.05, 0.1) is 5.56 Å². The molecular weight excluding hydrogens is 435 g/mol. The van der Waals surface area contributed by atoms with Gasteiger partial charge in [-0.25, -0.2) is 13.2 Å². The third-order valence-electron chi connectivity index (χ3n) is 7.83. The van der Waals surface area contributed by atoms with Gasteiger partial charge in [0, 0.05) is 12.1 Å². The number of hydrogen-bond donors (Lipinski definition) is 0. The summed E-state index contributed by atoms with van der Waals surface area (Å²) in [6, 6.07) is 6.79. The second-order valence-corrected chi connectivity index (χ2v) is 9.74. The molecule has 2 saturated carbocycles. The van der Waals surface area contributed by atoms with Crippen molar-refractivity contribution < 1.29 is 26.7 Å². The maximum Gasteiger partial charge on any atom is 0.426 e. The molecule has 0 N–H and O–H groups in total. The second-order valence-electron chi connectivity index (χ2n) is 9.74. The van der Waals surface area contributed by atoms with Crippen LogP contribution in [-0.2, 0) is 6.11 Å². The van der Waals surface area contributed by atoms with Crippen molar-refractivity contribution in [2.24, 2.45) is 17.8 Å². The van der Waals surface area contributed by atoms with Crippen LogP contribution in [0.2, 0.25) is 0 Å². The van der Waals surface area contributed by atoms with E-state index in [-0.39, 0.29) is 0 Å². The third-order valence-corrected chi connectivity index (χ3v) is 7.83. The van der Waals surface area contributed by atoms with Gasteiger partial charge in [0.15, 0.2) is 17.5 Å². The van der Waals surface area contributed by atoms with Crippen molar-refractivity contribution >= 4 is 0 Å². The van der Waals surface area contributed by atoms with E-state index in [2.05, 4.69) is 11.7 Å². The summed E-state index contributed by atoms with van der Waals surface area (Å²) in [6.07, 6.45) is 7.41. The Bertz CT molecular complexity index is 903. The Kier molecular flexibility index (Phi) is 7.30. The molecule has 0 aromatic heterocycles. The van der Waals surface area contributed by atoms with E-state index in [1.165, 1.54) is 57.1 Å². The van der Waals surface area contributed by atoms with E-state index in [1.807, 2.05) is 0 Å². The lowest BCUT2D eigenvalue weighted by molar-refractivity contribution is -0.185. The minimum Gasteiger partial charge on any atom is -0.429 e. The van der Waals surface area contributed by atoms with Crippen LogP contribution in [0.4, 0.5) is 22.0 Å². The van der Waals surface area contributed by atoms with E-state index in [9.17, 15) is 22.0 Å². The number of rotatable bonds is 6. The number of benzene rings is 2. The van der Waals surface area contributed by atoms with Gasteiger partial charge in [-0.15, -0.1) is 0 Å². The third kappa shape index (κ3) is 5.52. The first-order chi connectivity index (χ1) is 15.8. The second kappa shape index (κ2) is 10.0. The van der Waals surface area contributed by atoms with Gasteiger partial charge in [0.2, 0.25) is 0 Å². The first kappa shape index (κ1) is 24.0. The van der Waals surface area contributed by atoms with Gasteiger partial charge in [0.1, 0.15) is 5.75 Å². The SMILES string of the molecule is CC[C@H]1CC[C@H](C2CCC(c3ccc(C(F)(F)Oc4cc(F)c(F)c(F)c4)cc3)CC2)CC1. The Morgan fingerprint density at radius 2 is 1.30 bits per heavy atom. The molecule has 0 saturated heterocycles. The number of halogens is 5. The number of hydrogen-bond acceptors (Lipinski definition) is 1. The van der Waals surface area contributed by atoms with Gasteiger partial charge in [-0.05, 0) is 79.9 Å². The zero-order chi connectivity index (χ0) is 23.6. The molecule has 2 fully saturated rings. The largest absolute Gasteiger partial charge is 0.429 e. The van der Waals surface area contributed by atoms with Crippen LogP contribution in [0.1, 0.15) is 81.8 Å². The predicted molar refractivity (Wildman–Crippen MR) is 118 cm³/mol. The summed E-state index contributed by atoms with van der Waals surface area (Å²) in [7, 11) is 0. The zero-order valence-corrected chi connectivity index (χ0v) is 18.9. The minimum atomic E-state index is -3.80. The highest BCUT2D eigenvalue weighted by Crippen LogP contribution is 2.44. The lowest BCUT2D eigenvalue weighted by Crippen LogP contribution is -2.25. The van der Waals surface area contributed by atoms with Crippen molar-refractivity contribution in [3.63, 3.8) is 0 Å². The van der Waals surface area contributed by atoms with Crippen molar-refractivity contribution in [1.29, 1.82) is 0 Å². The van der Waals surface area contributed by atoms with E-state index < -0.39 is 34.9 Å². The summed E-state index contributed by atoms with van der Waals surface area (Å²) in [5, 5.41) is 0. The van der Waals surface area contributed by atoms with Gasteiger partial charge in [0.25, 0.3) is 0 Å². The Morgan fingerprint density at radius 1 is 0.788 bits per heavy atom. The normalized spacial score (nSPS) is 26.2. The highest BCUT2D eigenvalue weighted by atomic mass is 19.3. The summed E-state index contributed by atoms with van der Waals surface area (Å²) in [6.45, 7) is 2.28. The topological polar surface area (TPSA) is 9.23 Å². The molecule has 0 radical (unpaired) electrons. The smallest absolute Gasteiger partial charge is 0.426 e. The molecule has 1 nitrogen and oxygen atoms in total. The average molecular weight is 467 g/mol. The first-order valence-electron chi connectivity index (χ1n) is 12.1. The summed E-state index contributed by atoms with van der Waals surface area (Å²) in [5.74, 6) is -2.77. The molecule has 2 aliphatic rings. The van der Waals surface area contributed by atoms with Crippen LogP contribution in [-0.4, -0.2) is 0 Å². The van der Waals surface area contributed by atoms with Gasteiger partial charge < -0.3 is 4.74 Å². The number of ether oxygens (including phenoxy) is 1. The lowest BCUT2D eigenvalue weighted by atomic mass is 9.68. The van der Waals surface area contributed by atoms with Crippen LogP contribution in [0, 0.1) is 35.2 Å². The van der Waals surface area contributed by atoms with Crippen molar-refractivity contribution in [3.05, 3.63) is 65.0 Å². The summed E-state index contributed by atoms with van der Waals surface area (Å²) < 4.78 is 73.3. The monoisotopic (exact) mass is 466 g/mol. The van der Waals surface area contributed by atoms with E-state index in [0.29, 0.717) is 18.1 Å². The van der Waals surface area contributed by atoms with Crippen LogP contribution < -0.4 is 4.74 Å². The molecule has 0 spiro atoms. The highest BCUT2D eigenvalue weighted by Gasteiger charge is 2.36. The predicted octanol–water partition coefficient (Wildman–Crippen LogP) is 8.72. The average Bonchev–Trinajstić information content (AvgIpc) is 2.82. The molecule has 0 amide bonds. The maximum atomic E-state index is 14.5. The molecule has 2 aliphatic carbocycles. The van der Waals surface area contributed by atoms with Crippen molar-refractivity contribution in [1.82, 2.24) is 0 Å². The van der Waals surface area contributed by atoms with E-state index in [1.54, 1.807) is 12.1 Å². The Labute approximate surface area is 192 Å². The lowest BCUT2D eigenvalue weighted by Gasteiger charge is -2.38.